The molecule has 21 heavy (non-hydrogen) atoms. The molecule has 0 radical (unpaired) electrons. The fourth-order valence-electron chi connectivity index (χ4n) is 2.24. The van der Waals surface area contributed by atoms with Crippen LogP contribution in [0.25, 0.3) is 0 Å². The van der Waals surface area contributed by atoms with Crippen molar-refractivity contribution in [3.63, 3.8) is 0 Å². The second-order valence-corrected chi connectivity index (χ2v) is 8.58. The summed E-state index contributed by atoms with van der Waals surface area (Å²) in [4.78, 5) is 13.1. The molecule has 1 fully saturated rings. The predicted octanol–water partition coefficient (Wildman–Crippen LogP) is 5.18. The second kappa shape index (κ2) is 6.90. The van der Waals surface area contributed by atoms with Crippen molar-refractivity contribution < 1.29 is 4.79 Å². The molecule has 3 rings (SSSR count). The van der Waals surface area contributed by atoms with Gasteiger partial charge in [-0.05, 0) is 59.6 Å². The van der Waals surface area contributed by atoms with E-state index in [4.69, 9.17) is 0 Å². The van der Waals surface area contributed by atoms with Gasteiger partial charge in [0.15, 0.2) is 0 Å². The van der Waals surface area contributed by atoms with Crippen molar-refractivity contribution in [1.29, 1.82) is 0 Å². The van der Waals surface area contributed by atoms with Crippen LogP contribution in [0.4, 0.5) is 5.69 Å². The van der Waals surface area contributed by atoms with Crippen molar-refractivity contribution in [1.82, 2.24) is 0 Å². The van der Waals surface area contributed by atoms with Gasteiger partial charge >= 0.3 is 0 Å². The molecule has 2 aromatic rings. The summed E-state index contributed by atoms with van der Waals surface area (Å²) >= 11 is 5.48. The fourth-order valence-corrected chi connectivity index (χ4v) is 5.93. The highest BCUT2D eigenvalue weighted by atomic mass is 32.2. The molecule has 1 amide bonds. The Bertz CT molecular complexity index is 632. The van der Waals surface area contributed by atoms with Crippen LogP contribution in [0.3, 0.4) is 0 Å². The minimum absolute atomic E-state index is 0.0106. The zero-order valence-corrected chi connectivity index (χ0v) is 14.2. The lowest BCUT2D eigenvalue weighted by molar-refractivity contribution is 0.103. The van der Waals surface area contributed by atoms with Gasteiger partial charge in [-0.1, -0.05) is 12.1 Å². The number of hydrogen-bond acceptors (Lipinski definition) is 4. The summed E-state index contributed by atoms with van der Waals surface area (Å²) in [5.41, 5.74) is 3.22. The fraction of sp³-hybridized carbons (Fsp3) is 0.312. The molecule has 1 aromatic carbocycles. The molecule has 1 N–H and O–H groups in total. The van der Waals surface area contributed by atoms with Crippen LogP contribution in [0.1, 0.15) is 31.8 Å². The van der Waals surface area contributed by atoms with Crippen LogP contribution in [0.2, 0.25) is 0 Å². The standard InChI is InChI=1S/C16H17NOS3/c1-11-6-9-19-14(11)15(18)17-13-5-2-4-12(10-13)16-20-7-3-8-21-16/h2,4-6,9-10,16H,3,7-8H2,1H3,(H,17,18). The van der Waals surface area contributed by atoms with Crippen LogP contribution in [0.5, 0.6) is 0 Å². The number of carbonyl (C=O) groups excluding carboxylic acids is 1. The van der Waals surface area contributed by atoms with E-state index in [2.05, 4.69) is 17.4 Å². The van der Waals surface area contributed by atoms with Crippen LogP contribution >= 0.6 is 34.9 Å². The summed E-state index contributed by atoms with van der Waals surface area (Å²) in [5.74, 6) is 2.44. The lowest BCUT2D eigenvalue weighted by Crippen LogP contribution is -2.11. The van der Waals surface area contributed by atoms with Gasteiger partial charge in [-0.25, -0.2) is 0 Å². The van der Waals surface area contributed by atoms with Gasteiger partial charge in [-0.2, -0.15) is 0 Å². The number of aryl methyl sites for hydroxylation is 1. The highest BCUT2D eigenvalue weighted by Gasteiger charge is 2.17. The number of anilines is 1. The van der Waals surface area contributed by atoms with Gasteiger partial charge in [0, 0.05) is 5.69 Å². The van der Waals surface area contributed by atoms with E-state index in [1.807, 2.05) is 54.0 Å². The van der Waals surface area contributed by atoms with Gasteiger partial charge in [0.1, 0.15) is 0 Å². The number of hydrogen-bond donors (Lipinski definition) is 1. The number of thioether (sulfide) groups is 2. The summed E-state index contributed by atoms with van der Waals surface area (Å²) in [7, 11) is 0. The van der Waals surface area contributed by atoms with Crippen molar-refractivity contribution in [2.45, 2.75) is 17.9 Å². The lowest BCUT2D eigenvalue weighted by atomic mass is 10.2. The molecular formula is C16H17NOS3. The van der Waals surface area contributed by atoms with Gasteiger partial charge < -0.3 is 5.32 Å². The third-order valence-corrected chi connectivity index (χ3v) is 7.34. The van der Waals surface area contributed by atoms with E-state index >= 15 is 0 Å². The number of amides is 1. The maximum atomic E-state index is 12.3. The van der Waals surface area contributed by atoms with E-state index in [1.165, 1.54) is 34.8 Å². The molecular weight excluding hydrogens is 318 g/mol. The van der Waals surface area contributed by atoms with Gasteiger partial charge in [0.2, 0.25) is 0 Å². The number of benzene rings is 1. The lowest BCUT2D eigenvalue weighted by Gasteiger charge is -2.21. The molecule has 0 spiro atoms. The molecule has 0 atom stereocenters. The number of carbonyl (C=O) groups is 1. The molecule has 110 valence electrons. The van der Waals surface area contributed by atoms with Crippen molar-refractivity contribution in [3.05, 3.63) is 51.7 Å². The molecule has 1 aliphatic rings. The first kappa shape index (κ1) is 15.0. The molecule has 0 bridgehead atoms. The summed E-state index contributed by atoms with van der Waals surface area (Å²) in [6.07, 6.45) is 1.29. The van der Waals surface area contributed by atoms with Gasteiger partial charge in [-0.3, -0.25) is 4.79 Å². The summed E-state index contributed by atoms with van der Waals surface area (Å²) in [6, 6.07) is 10.2. The minimum atomic E-state index is -0.0106. The smallest absolute Gasteiger partial charge is 0.265 e. The van der Waals surface area contributed by atoms with Crippen LogP contribution in [0, 0.1) is 6.92 Å². The Balaban J connectivity index is 1.74. The first-order valence-corrected chi connectivity index (χ1v) is 9.90. The monoisotopic (exact) mass is 335 g/mol. The molecule has 2 nitrogen and oxygen atoms in total. The van der Waals surface area contributed by atoms with E-state index in [0.717, 1.165) is 16.1 Å². The maximum absolute atomic E-state index is 12.3. The minimum Gasteiger partial charge on any atom is -0.321 e. The zero-order valence-electron chi connectivity index (χ0n) is 11.8. The zero-order chi connectivity index (χ0) is 14.7. The van der Waals surface area contributed by atoms with E-state index in [0.29, 0.717) is 4.58 Å². The number of rotatable bonds is 3. The van der Waals surface area contributed by atoms with E-state index in [9.17, 15) is 4.79 Å². The average molecular weight is 336 g/mol. The Labute approximate surface area is 137 Å². The van der Waals surface area contributed by atoms with E-state index in [1.54, 1.807) is 0 Å². The first-order valence-electron chi connectivity index (χ1n) is 6.92. The SMILES string of the molecule is Cc1ccsc1C(=O)Nc1cccc(C2SCCCS2)c1. The molecule has 1 aliphatic heterocycles. The van der Waals surface area contributed by atoms with Crippen LogP contribution in [0.15, 0.2) is 35.7 Å². The average Bonchev–Trinajstić information content (AvgIpc) is 2.95. The largest absolute Gasteiger partial charge is 0.321 e. The third-order valence-electron chi connectivity index (χ3n) is 3.31. The van der Waals surface area contributed by atoms with Gasteiger partial charge in [0.25, 0.3) is 5.91 Å². The highest BCUT2D eigenvalue weighted by Crippen LogP contribution is 2.44. The second-order valence-electron chi connectivity index (χ2n) is 4.94. The maximum Gasteiger partial charge on any atom is 0.265 e. The third kappa shape index (κ3) is 3.65. The molecule has 0 saturated carbocycles. The molecule has 1 aromatic heterocycles. The van der Waals surface area contributed by atoms with Crippen LogP contribution in [-0.2, 0) is 0 Å². The number of thiophene rings is 1. The summed E-state index contributed by atoms with van der Waals surface area (Å²) in [5, 5.41) is 4.97. The molecule has 1 saturated heterocycles. The van der Waals surface area contributed by atoms with Crippen molar-refractivity contribution in [2.75, 3.05) is 16.8 Å². The van der Waals surface area contributed by atoms with Crippen LogP contribution < -0.4 is 5.32 Å². The Morgan fingerprint density at radius 1 is 1.24 bits per heavy atom. The molecule has 0 aliphatic carbocycles. The Hall–Kier alpha value is -0.910. The summed E-state index contributed by atoms with van der Waals surface area (Å²) < 4.78 is 0.499. The molecule has 0 unspecified atom stereocenters. The Morgan fingerprint density at radius 2 is 2.05 bits per heavy atom. The van der Waals surface area contributed by atoms with Crippen molar-refractivity contribution in [2.24, 2.45) is 0 Å². The van der Waals surface area contributed by atoms with Gasteiger partial charge in [0.05, 0.1) is 9.46 Å². The Morgan fingerprint density at radius 3 is 2.76 bits per heavy atom. The highest BCUT2D eigenvalue weighted by molar-refractivity contribution is 8.16. The topological polar surface area (TPSA) is 29.1 Å². The molecule has 5 heteroatoms. The van der Waals surface area contributed by atoms with Crippen molar-refractivity contribution >= 4 is 46.5 Å². The van der Waals surface area contributed by atoms with Crippen LogP contribution in [-0.4, -0.2) is 17.4 Å². The van der Waals surface area contributed by atoms with E-state index < -0.39 is 0 Å². The summed E-state index contributed by atoms with van der Waals surface area (Å²) in [6.45, 7) is 1.97. The van der Waals surface area contributed by atoms with Gasteiger partial charge in [-0.15, -0.1) is 34.9 Å². The number of nitrogens with one attached hydrogen (secondary N) is 1. The predicted molar refractivity (Wildman–Crippen MR) is 95.7 cm³/mol. The first-order chi connectivity index (χ1) is 10.2. The quantitative estimate of drug-likeness (QED) is 0.838. The normalized spacial score (nSPS) is 15.9. The van der Waals surface area contributed by atoms with E-state index in [-0.39, 0.29) is 5.91 Å². The van der Waals surface area contributed by atoms with Crippen molar-refractivity contribution in [3.8, 4) is 0 Å². The Kier molecular flexibility index (Phi) is 4.93. The molecule has 2 heterocycles.